The van der Waals surface area contributed by atoms with Crippen LogP contribution in [0.1, 0.15) is 22.4 Å². The molecule has 0 saturated carbocycles. The van der Waals surface area contributed by atoms with Crippen LogP contribution in [-0.2, 0) is 6.42 Å². The quantitative estimate of drug-likeness (QED) is 0.704. The SMILES string of the molecule is COc1ccc(Cl)c(Cc2cc3c(C)cc(C#N)cc3[nH]2)c1Cl. The zero-order chi connectivity index (χ0) is 16.6. The molecule has 3 rings (SSSR count). The molecule has 0 spiro atoms. The fourth-order valence-corrected chi connectivity index (χ4v) is 3.30. The molecule has 0 bridgehead atoms. The topological polar surface area (TPSA) is 48.8 Å². The second kappa shape index (κ2) is 6.16. The summed E-state index contributed by atoms with van der Waals surface area (Å²) in [6.07, 6.45) is 0.560. The summed E-state index contributed by atoms with van der Waals surface area (Å²) in [5.41, 5.74) is 4.43. The smallest absolute Gasteiger partial charge is 0.137 e. The van der Waals surface area contributed by atoms with E-state index >= 15 is 0 Å². The number of hydrogen-bond donors (Lipinski definition) is 1. The van der Waals surface area contributed by atoms with Gasteiger partial charge in [0.25, 0.3) is 0 Å². The Kier molecular flexibility index (Phi) is 4.21. The van der Waals surface area contributed by atoms with E-state index in [1.165, 1.54) is 0 Å². The van der Waals surface area contributed by atoms with E-state index in [9.17, 15) is 0 Å². The van der Waals surface area contributed by atoms with Crippen LogP contribution in [0.2, 0.25) is 10.0 Å². The summed E-state index contributed by atoms with van der Waals surface area (Å²) in [4.78, 5) is 3.34. The molecule has 0 radical (unpaired) electrons. The van der Waals surface area contributed by atoms with Crippen molar-refractivity contribution in [3.8, 4) is 11.8 Å². The van der Waals surface area contributed by atoms with Gasteiger partial charge < -0.3 is 9.72 Å². The molecule has 0 atom stereocenters. The molecular weight excluding hydrogens is 331 g/mol. The number of halogens is 2. The number of nitriles is 1. The summed E-state index contributed by atoms with van der Waals surface area (Å²) in [6.45, 7) is 1.99. The molecule has 3 aromatic rings. The maximum Gasteiger partial charge on any atom is 0.137 e. The number of ether oxygens (including phenoxy) is 1. The predicted molar refractivity (Wildman–Crippen MR) is 93.6 cm³/mol. The second-order valence-electron chi connectivity index (χ2n) is 5.38. The van der Waals surface area contributed by atoms with E-state index in [1.54, 1.807) is 19.2 Å². The van der Waals surface area contributed by atoms with E-state index in [0.29, 0.717) is 27.8 Å². The Bertz CT molecular complexity index is 938. The van der Waals surface area contributed by atoms with Crippen molar-refractivity contribution in [2.24, 2.45) is 0 Å². The van der Waals surface area contributed by atoms with Crippen molar-refractivity contribution in [1.29, 1.82) is 5.26 Å². The maximum atomic E-state index is 9.08. The normalized spacial score (nSPS) is 10.7. The van der Waals surface area contributed by atoms with Crippen LogP contribution in [0.25, 0.3) is 10.9 Å². The molecule has 2 aromatic carbocycles. The van der Waals surface area contributed by atoms with Crippen molar-refractivity contribution in [3.63, 3.8) is 0 Å². The molecule has 5 heteroatoms. The zero-order valence-electron chi connectivity index (χ0n) is 12.7. The van der Waals surface area contributed by atoms with Gasteiger partial charge in [-0.25, -0.2) is 0 Å². The molecule has 0 aliphatic carbocycles. The first-order valence-electron chi connectivity index (χ1n) is 7.06. The Balaban J connectivity index is 2.06. The number of aryl methyl sites for hydroxylation is 1. The lowest BCUT2D eigenvalue weighted by molar-refractivity contribution is 0.414. The summed E-state index contributed by atoms with van der Waals surface area (Å²) in [5.74, 6) is 0.602. The van der Waals surface area contributed by atoms with Gasteiger partial charge in [-0.2, -0.15) is 5.26 Å². The fourth-order valence-electron chi connectivity index (χ4n) is 2.72. The Labute approximate surface area is 144 Å². The molecule has 0 saturated heterocycles. The van der Waals surface area contributed by atoms with Gasteiger partial charge in [-0.05, 0) is 48.4 Å². The summed E-state index contributed by atoms with van der Waals surface area (Å²) in [5, 5.41) is 11.3. The Hall–Kier alpha value is -2.15. The van der Waals surface area contributed by atoms with Gasteiger partial charge >= 0.3 is 0 Å². The maximum absolute atomic E-state index is 9.08. The lowest BCUT2D eigenvalue weighted by Gasteiger charge is -2.10. The molecule has 0 unspecified atom stereocenters. The largest absolute Gasteiger partial charge is 0.495 e. The third kappa shape index (κ3) is 2.88. The molecule has 0 amide bonds. The van der Waals surface area contributed by atoms with Gasteiger partial charge in [-0.3, -0.25) is 0 Å². The van der Waals surface area contributed by atoms with Gasteiger partial charge in [0.05, 0.1) is 23.8 Å². The van der Waals surface area contributed by atoms with E-state index in [4.69, 9.17) is 33.2 Å². The van der Waals surface area contributed by atoms with Gasteiger partial charge in [0.2, 0.25) is 0 Å². The number of aromatic nitrogens is 1. The monoisotopic (exact) mass is 344 g/mol. The van der Waals surface area contributed by atoms with Crippen LogP contribution in [0.3, 0.4) is 0 Å². The lowest BCUT2D eigenvalue weighted by Crippen LogP contribution is -1.94. The molecule has 23 heavy (non-hydrogen) atoms. The van der Waals surface area contributed by atoms with Crippen molar-refractivity contribution >= 4 is 34.1 Å². The molecular formula is C18H14Cl2N2O. The highest BCUT2D eigenvalue weighted by Gasteiger charge is 2.14. The van der Waals surface area contributed by atoms with E-state index in [1.807, 2.05) is 19.1 Å². The van der Waals surface area contributed by atoms with Crippen molar-refractivity contribution in [3.05, 3.63) is 62.8 Å². The molecule has 0 fully saturated rings. The number of nitrogens with zero attached hydrogens (tertiary/aromatic N) is 1. The van der Waals surface area contributed by atoms with Crippen LogP contribution in [0, 0.1) is 18.3 Å². The van der Waals surface area contributed by atoms with Gasteiger partial charge in [-0.1, -0.05) is 23.2 Å². The number of benzene rings is 2. The van der Waals surface area contributed by atoms with Gasteiger partial charge in [-0.15, -0.1) is 0 Å². The highest BCUT2D eigenvalue weighted by Crippen LogP contribution is 2.35. The average molecular weight is 345 g/mol. The van der Waals surface area contributed by atoms with Crippen molar-refractivity contribution < 1.29 is 4.74 Å². The number of aromatic amines is 1. The number of nitrogens with one attached hydrogen (secondary N) is 1. The number of hydrogen-bond acceptors (Lipinski definition) is 2. The molecule has 1 aromatic heterocycles. The lowest BCUT2D eigenvalue weighted by atomic mass is 10.1. The second-order valence-corrected chi connectivity index (χ2v) is 6.16. The van der Waals surface area contributed by atoms with Crippen LogP contribution < -0.4 is 4.74 Å². The first kappa shape index (κ1) is 15.7. The zero-order valence-corrected chi connectivity index (χ0v) is 14.2. The highest BCUT2D eigenvalue weighted by molar-refractivity contribution is 6.37. The number of fused-ring (bicyclic) bond motifs is 1. The van der Waals surface area contributed by atoms with E-state index < -0.39 is 0 Å². The van der Waals surface area contributed by atoms with E-state index in [2.05, 4.69) is 17.1 Å². The Morgan fingerprint density at radius 2 is 2.00 bits per heavy atom. The first-order chi connectivity index (χ1) is 11.0. The van der Waals surface area contributed by atoms with Gasteiger partial charge in [0.1, 0.15) is 5.75 Å². The van der Waals surface area contributed by atoms with E-state index in [-0.39, 0.29) is 0 Å². The molecule has 1 heterocycles. The van der Waals surface area contributed by atoms with Crippen LogP contribution in [0.5, 0.6) is 5.75 Å². The van der Waals surface area contributed by atoms with Crippen molar-refractivity contribution in [1.82, 2.24) is 4.98 Å². The summed E-state index contributed by atoms with van der Waals surface area (Å²) < 4.78 is 5.25. The number of H-pyrrole nitrogens is 1. The third-order valence-corrected chi connectivity index (χ3v) is 4.64. The van der Waals surface area contributed by atoms with E-state index in [0.717, 1.165) is 27.7 Å². The minimum atomic E-state index is 0.521. The highest BCUT2D eigenvalue weighted by atomic mass is 35.5. The van der Waals surface area contributed by atoms with Crippen LogP contribution in [0.4, 0.5) is 0 Å². The van der Waals surface area contributed by atoms with Crippen LogP contribution in [-0.4, -0.2) is 12.1 Å². The van der Waals surface area contributed by atoms with Crippen molar-refractivity contribution in [2.45, 2.75) is 13.3 Å². The predicted octanol–water partition coefficient (Wildman–Crippen LogP) is 5.25. The first-order valence-corrected chi connectivity index (χ1v) is 7.82. The standard InChI is InChI=1S/C18H14Cl2N2O/c1-10-5-11(9-21)6-16-13(10)7-12(22-16)8-14-15(19)3-4-17(23-2)18(14)20/h3-7,22H,8H2,1-2H3. The molecule has 1 N–H and O–H groups in total. The molecule has 0 aliphatic rings. The minimum absolute atomic E-state index is 0.521. The minimum Gasteiger partial charge on any atom is -0.495 e. The fraction of sp³-hybridized carbons (Fsp3) is 0.167. The van der Waals surface area contributed by atoms with Gasteiger partial charge in [0.15, 0.2) is 0 Å². The Morgan fingerprint density at radius 1 is 1.22 bits per heavy atom. The third-order valence-electron chi connectivity index (χ3n) is 3.87. The number of methoxy groups -OCH3 is 1. The molecule has 3 nitrogen and oxygen atoms in total. The number of rotatable bonds is 3. The molecule has 0 aliphatic heterocycles. The summed E-state index contributed by atoms with van der Waals surface area (Å²) in [7, 11) is 1.58. The van der Waals surface area contributed by atoms with Crippen molar-refractivity contribution in [2.75, 3.05) is 7.11 Å². The van der Waals surface area contributed by atoms with Crippen LogP contribution in [0.15, 0.2) is 30.3 Å². The average Bonchev–Trinajstić information content (AvgIpc) is 2.94. The Morgan fingerprint density at radius 3 is 2.70 bits per heavy atom. The summed E-state index contributed by atoms with van der Waals surface area (Å²) >= 11 is 12.7. The summed E-state index contributed by atoms with van der Waals surface area (Å²) in [6, 6.07) is 11.5. The van der Waals surface area contributed by atoms with Crippen LogP contribution >= 0.6 is 23.2 Å². The van der Waals surface area contributed by atoms with Gasteiger partial charge in [0, 0.05) is 28.0 Å². The molecule has 116 valence electrons.